The van der Waals surface area contributed by atoms with Crippen molar-refractivity contribution < 1.29 is 9.53 Å². The van der Waals surface area contributed by atoms with Crippen LogP contribution in [0.25, 0.3) is 0 Å². The van der Waals surface area contributed by atoms with Crippen LogP contribution in [0.3, 0.4) is 0 Å². The van der Waals surface area contributed by atoms with Crippen molar-refractivity contribution >= 4 is 5.91 Å². The molecule has 1 aromatic rings. The third kappa shape index (κ3) is 2.73. The van der Waals surface area contributed by atoms with Crippen LogP contribution in [0.15, 0.2) is 18.2 Å². The summed E-state index contributed by atoms with van der Waals surface area (Å²) in [7, 11) is 0. The Kier molecular flexibility index (Phi) is 3.42. The highest BCUT2D eigenvalue weighted by molar-refractivity contribution is 5.82. The molecule has 0 saturated carbocycles. The summed E-state index contributed by atoms with van der Waals surface area (Å²) < 4.78 is 5.89. The normalized spacial score (nSPS) is 25.6. The molecule has 1 saturated heterocycles. The molecule has 19 heavy (non-hydrogen) atoms. The van der Waals surface area contributed by atoms with Crippen molar-refractivity contribution in [1.82, 2.24) is 10.6 Å². The Labute approximate surface area is 113 Å². The molecule has 2 heterocycles. The molecular weight excluding hydrogens is 240 g/mol. The fourth-order valence-corrected chi connectivity index (χ4v) is 2.80. The van der Waals surface area contributed by atoms with Gasteiger partial charge < -0.3 is 15.4 Å². The van der Waals surface area contributed by atoms with Crippen LogP contribution in [0, 0.1) is 6.92 Å². The van der Waals surface area contributed by atoms with Crippen LogP contribution >= 0.6 is 0 Å². The number of benzene rings is 1. The van der Waals surface area contributed by atoms with Gasteiger partial charge in [0, 0.05) is 19.5 Å². The molecule has 1 amide bonds. The number of fused-ring (bicyclic) bond motifs is 1. The third-order valence-electron chi connectivity index (χ3n) is 3.83. The highest BCUT2D eigenvalue weighted by Crippen LogP contribution is 2.29. The zero-order valence-corrected chi connectivity index (χ0v) is 11.2. The smallest absolute Gasteiger partial charge is 0.237 e. The van der Waals surface area contributed by atoms with Gasteiger partial charge in [0.25, 0.3) is 0 Å². The molecule has 2 aliphatic heterocycles. The molecule has 2 unspecified atom stereocenters. The van der Waals surface area contributed by atoms with Crippen molar-refractivity contribution in [1.29, 1.82) is 0 Å². The van der Waals surface area contributed by atoms with Crippen molar-refractivity contribution in [2.75, 3.05) is 13.1 Å². The van der Waals surface area contributed by atoms with E-state index in [0.717, 1.165) is 38.1 Å². The molecule has 4 nitrogen and oxygen atoms in total. The number of hydrogen-bond acceptors (Lipinski definition) is 3. The lowest BCUT2D eigenvalue weighted by atomic mass is 10.1. The molecule has 1 aromatic carbocycles. The summed E-state index contributed by atoms with van der Waals surface area (Å²) >= 11 is 0. The summed E-state index contributed by atoms with van der Waals surface area (Å²) in [6, 6.07) is 6.24. The standard InChI is InChI=1S/C15H20N2O2/c1-10-4-5-14-11(7-10)8-12(19-14)9-17-13-3-2-6-16-15(13)18/h4-5,7,12-13,17H,2-3,6,8-9H2,1H3,(H,16,18). The number of aryl methyl sites for hydroxylation is 1. The minimum absolute atomic E-state index is 0.0530. The van der Waals surface area contributed by atoms with Crippen LogP contribution in [0.4, 0.5) is 0 Å². The number of amides is 1. The maximum Gasteiger partial charge on any atom is 0.237 e. The van der Waals surface area contributed by atoms with E-state index in [9.17, 15) is 4.79 Å². The largest absolute Gasteiger partial charge is 0.488 e. The van der Waals surface area contributed by atoms with E-state index in [0.29, 0.717) is 0 Å². The summed E-state index contributed by atoms with van der Waals surface area (Å²) in [4.78, 5) is 11.6. The Hall–Kier alpha value is -1.55. The van der Waals surface area contributed by atoms with Crippen LogP contribution in [0.1, 0.15) is 24.0 Å². The summed E-state index contributed by atoms with van der Waals surface area (Å²) in [5.41, 5.74) is 2.54. The first-order chi connectivity index (χ1) is 9.22. The van der Waals surface area contributed by atoms with Gasteiger partial charge in [-0.1, -0.05) is 17.7 Å². The van der Waals surface area contributed by atoms with Gasteiger partial charge in [-0.2, -0.15) is 0 Å². The predicted octanol–water partition coefficient (Wildman–Crippen LogP) is 1.17. The molecule has 0 spiro atoms. The van der Waals surface area contributed by atoms with E-state index in [-0.39, 0.29) is 18.1 Å². The Morgan fingerprint density at radius 1 is 1.47 bits per heavy atom. The van der Waals surface area contributed by atoms with Crippen molar-refractivity contribution in [3.05, 3.63) is 29.3 Å². The first-order valence-electron chi connectivity index (χ1n) is 6.99. The molecule has 0 radical (unpaired) electrons. The Balaban J connectivity index is 1.54. The fourth-order valence-electron chi connectivity index (χ4n) is 2.80. The van der Waals surface area contributed by atoms with Gasteiger partial charge >= 0.3 is 0 Å². The Morgan fingerprint density at radius 3 is 3.21 bits per heavy atom. The summed E-state index contributed by atoms with van der Waals surface area (Å²) in [6.45, 7) is 3.63. The first kappa shape index (κ1) is 12.5. The monoisotopic (exact) mass is 260 g/mol. The van der Waals surface area contributed by atoms with Gasteiger partial charge in [-0.3, -0.25) is 4.79 Å². The van der Waals surface area contributed by atoms with Crippen LogP contribution in [-0.2, 0) is 11.2 Å². The molecule has 0 bridgehead atoms. The zero-order valence-electron chi connectivity index (χ0n) is 11.2. The Morgan fingerprint density at radius 2 is 2.37 bits per heavy atom. The predicted molar refractivity (Wildman–Crippen MR) is 73.3 cm³/mol. The molecular formula is C15H20N2O2. The second-order valence-electron chi connectivity index (χ2n) is 5.45. The van der Waals surface area contributed by atoms with Crippen molar-refractivity contribution in [3.8, 4) is 5.75 Å². The van der Waals surface area contributed by atoms with Crippen LogP contribution in [-0.4, -0.2) is 31.1 Å². The van der Waals surface area contributed by atoms with Gasteiger partial charge in [-0.05, 0) is 31.4 Å². The summed E-state index contributed by atoms with van der Waals surface area (Å²) in [5.74, 6) is 1.11. The van der Waals surface area contributed by atoms with Crippen LogP contribution < -0.4 is 15.4 Å². The van der Waals surface area contributed by atoms with Crippen molar-refractivity contribution in [3.63, 3.8) is 0 Å². The van der Waals surface area contributed by atoms with Crippen LogP contribution in [0.5, 0.6) is 5.75 Å². The lowest BCUT2D eigenvalue weighted by Crippen LogP contribution is -2.50. The highest BCUT2D eigenvalue weighted by Gasteiger charge is 2.26. The average Bonchev–Trinajstić information content (AvgIpc) is 2.79. The lowest BCUT2D eigenvalue weighted by molar-refractivity contribution is -0.124. The average molecular weight is 260 g/mol. The van der Waals surface area contributed by atoms with E-state index in [1.54, 1.807) is 0 Å². The van der Waals surface area contributed by atoms with Crippen molar-refractivity contribution in [2.45, 2.75) is 38.3 Å². The van der Waals surface area contributed by atoms with E-state index in [1.165, 1.54) is 11.1 Å². The molecule has 4 heteroatoms. The number of piperidine rings is 1. The number of nitrogens with one attached hydrogen (secondary N) is 2. The van der Waals surface area contributed by atoms with E-state index in [4.69, 9.17) is 4.74 Å². The maximum absolute atomic E-state index is 11.6. The fraction of sp³-hybridized carbons (Fsp3) is 0.533. The number of carbonyl (C=O) groups is 1. The molecule has 102 valence electrons. The van der Waals surface area contributed by atoms with Gasteiger partial charge in [0.2, 0.25) is 5.91 Å². The molecule has 0 aliphatic carbocycles. The van der Waals surface area contributed by atoms with E-state index in [1.807, 2.05) is 6.07 Å². The van der Waals surface area contributed by atoms with Gasteiger partial charge in [0.1, 0.15) is 11.9 Å². The summed E-state index contributed by atoms with van der Waals surface area (Å²) in [5, 5.41) is 6.22. The second-order valence-corrected chi connectivity index (χ2v) is 5.45. The van der Waals surface area contributed by atoms with Gasteiger partial charge in [0.15, 0.2) is 0 Å². The third-order valence-corrected chi connectivity index (χ3v) is 3.83. The van der Waals surface area contributed by atoms with Crippen LogP contribution in [0.2, 0.25) is 0 Å². The number of carbonyl (C=O) groups excluding carboxylic acids is 1. The number of rotatable bonds is 3. The maximum atomic E-state index is 11.6. The van der Waals surface area contributed by atoms with Gasteiger partial charge in [-0.25, -0.2) is 0 Å². The van der Waals surface area contributed by atoms with E-state index >= 15 is 0 Å². The molecule has 0 aromatic heterocycles. The minimum Gasteiger partial charge on any atom is -0.488 e. The molecule has 1 fully saturated rings. The topological polar surface area (TPSA) is 50.4 Å². The molecule has 2 N–H and O–H groups in total. The molecule has 2 atom stereocenters. The zero-order chi connectivity index (χ0) is 13.2. The molecule has 2 aliphatic rings. The first-order valence-corrected chi connectivity index (χ1v) is 6.99. The minimum atomic E-state index is -0.0530. The van der Waals surface area contributed by atoms with E-state index in [2.05, 4.69) is 29.7 Å². The molecule has 3 rings (SSSR count). The number of ether oxygens (including phenoxy) is 1. The van der Waals surface area contributed by atoms with Gasteiger partial charge in [0.05, 0.1) is 6.04 Å². The second kappa shape index (κ2) is 5.21. The lowest BCUT2D eigenvalue weighted by Gasteiger charge is -2.24. The SMILES string of the molecule is Cc1ccc2c(c1)CC(CNC1CCCNC1=O)O2. The van der Waals surface area contributed by atoms with Gasteiger partial charge in [-0.15, -0.1) is 0 Å². The highest BCUT2D eigenvalue weighted by atomic mass is 16.5. The number of hydrogen-bond donors (Lipinski definition) is 2. The van der Waals surface area contributed by atoms with Crippen molar-refractivity contribution in [2.24, 2.45) is 0 Å². The van der Waals surface area contributed by atoms with E-state index < -0.39 is 0 Å². The summed E-state index contributed by atoms with van der Waals surface area (Å²) in [6.07, 6.45) is 3.05. The quantitative estimate of drug-likeness (QED) is 0.857. The Bertz CT molecular complexity index is 487.